The molecule has 2 heterocycles. The highest BCUT2D eigenvalue weighted by Crippen LogP contribution is 2.33. The molecule has 0 bridgehead atoms. The summed E-state index contributed by atoms with van der Waals surface area (Å²) in [5.41, 5.74) is 1.35. The Labute approximate surface area is 101 Å². The van der Waals surface area contributed by atoms with Crippen LogP contribution in [0.2, 0.25) is 0 Å². The summed E-state index contributed by atoms with van der Waals surface area (Å²) in [5, 5.41) is 2.14. The minimum Gasteiger partial charge on any atom is -0.336 e. The molecule has 1 atom stereocenters. The third kappa shape index (κ3) is 2.14. The molecule has 3 heteroatoms. The molecular weight excluding hydrogens is 218 g/mol. The summed E-state index contributed by atoms with van der Waals surface area (Å²) in [6.07, 6.45) is 1.70. The largest absolute Gasteiger partial charge is 0.336 e. The fourth-order valence-electron chi connectivity index (χ4n) is 2.32. The van der Waals surface area contributed by atoms with E-state index in [1.165, 1.54) is 10.4 Å². The fraction of sp³-hybridized carbons (Fsp3) is 0.615. The van der Waals surface area contributed by atoms with Gasteiger partial charge in [0.15, 0.2) is 0 Å². The molecule has 1 unspecified atom stereocenters. The average molecular weight is 237 g/mol. The van der Waals surface area contributed by atoms with Crippen LogP contribution in [0.5, 0.6) is 0 Å². The Hall–Kier alpha value is -0.830. The van der Waals surface area contributed by atoms with Gasteiger partial charge in [-0.05, 0) is 36.3 Å². The zero-order valence-corrected chi connectivity index (χ0v) is 11.0. The molecular formula is C13H19NOS. The molecule has 1 aromatic heterocycles. The Bertz CT molecular complexity index is 383. The summed E-state index contributed by atoms with van der Waals surface area (Å²) in [4.78, 5) is 15.6. The van der Waals surface area contributed by atoms with Crippen molar-refractivity contribution in [2.75, 3.05) is 6.54 Å². The molecule has 0 spiro atoms. The lowest BCUT2D eigenvalue weighted by molar-refractivity contribution is -0.134. The predicted octanol–water partition coefficient (Wildman–Crippen LogP) is 3.24. The second-order valence-electron chi connectivity index (χ2n) is 4.91. The standard InChI is InChI=1S/C13H19NOS/c1-9(2)8-13(15)14-6-4-12-11(10(14)3)5-7-16-12/h5,7,9-10H,4,6,8H2,1-3H3. The molecule has 0 fully saturated rings. The van der Waals surface area contributed by atoms with Crippen LogP contribution in [0.25, 0.3) is 0 Å². The second-order valence-corrected chi connectivity index (χ2v) is 5.91. The topological polar surface area (TPSA) is 20.3 Å². The van der Waals surface area contributed by atoms with Gasteiger partial charge in [-0.1, -0.05) is 13.8 Å². The van der Waals surface area contributed by atoms with Crippen LogP contribution >= 0.6 is 11.3 Å². The second kappa shape index (κ2) is 4.58. The average Bonchev–Trinajstić information content (AvgIpc) is 2.65. The van der Waals surface area contributed by atoms with Gasteiger partial charge in [0.2, 0.25) is 5.91 Å². The Morgan fingerprint density at radius 3 is 3.06 bits per heavy atom. The molecule has 0 radical (unpaired) electrons. The number of thiophene rings is 1. The molecule has 0 N–H and O–H groups in total. The SMILES string of the molecule is CC(C)CC(=O)N1CCc2sccc2C1C. The summed E-state index contributed by atoms with van der Waals surface area (Å²) < 4.78 is 0. The first-order valence-electron chi connectivity index (χ1n) is 5.95. The van der Waals surface area contributed by atoms with E-state index in [2.05, 4.69) is 32.2 Å². The molecule has 0 aromatic carbocycles. The zero-order chi connectivity index (χ0) is 11.7. The van der Waals surface area contributed by atoms with Crippen molar-refractivity contribution in [2.24, 2.45) is 5.92 Å². The van der Waals surface area contributed by atoms with Crippen molar-refractivity contribution < 1.29 is 4.79 Å². The van der Waals surface area contributed by atoms with Crippen LogP contribution < -0.4 is 0 Å². The van der Waals surface area contributed by atoms with Gasteiger partial charge in [-0.2, -0.15) is 0 Å². The Morgan fingerprint density at radius 2 is 2.38 bits per heavy atom. The van der Waals surface area contributed by atoms with E-state index in [-0.39, 0.29) is 6.04 Å². The van der Waals surface area contributed by atoms with Crippen LogP contribution in [0.15, 0.2) is 11.4 Å². The smallest absolute Gasteiger partial charge is 0.223 e. The lowest BCUT2D eigenvalue weighted by atomic mass is 10.00. The number of nitrogens with zero attached hydrogens (tertiary/aromatic N) is 1. The van der Waals surface area contributed by atoms with Gasteiger partial charge in [0.05, 0.1) is 6.04 Å². The third-order valence-corrected chi connectivity index (χ3v) is 4.18. The molecule has 0 saturated heterocycles. The molecule has 1 amide bonds. The van der Waals surface area contributed by atoms with Gasteiger partial charge in [-0.3, -0.25) is 4.79 Å². The summed E-state index contributed by atoms with van der Waals surface area (Å²) in [7, 11) is 0. The molecule has 0 aliphatic carbocycles. The third-order valence-electron chi connectivity index (χ3n) is 3.18. The Morgan fingerprint density at radius 1 is 1.62 bits per heavy atom. The van der Waals surface area contributed by atoms with Crippen LogP contribution in [-0.4, -0.2) is 17.4 Å². The van der Waals surface area contributed by atoms with E-state index in [4.69, 9.17) is 0 Å². The van der Waals surface area contributed by atoms with Gasteiger partial charge >= 0.3 is 0 Å². The monoisotopic (exact) mass is 237 g/mol. The van der Waals surface area contributed by atoms with Crippen LogP contribution in [0, 0.1) is 5.92 Å². The lowest BCUT2D eigenvalue weighted by Gasteiger charge is -2.34. The molecule has 0 saturated carbocycles. The van der Waals surface area contributed by atoms with E-state index >= 15 is 0 Å². The number of hydrogen-bond acceptors (Lipinski definition) is 2. The molecule has 88 valence electrons. The van der Waals surface area contributed by atoms with Crippen molar-refractivity contribution in [3.63, 3.8) is 0 Å². The van der Waals surface area contributed by atoms with Crippen LogP contribution in [0.1, 0.15) is 43.7 Å². The van der Waals surface area contributed by atoms with E-state index in [0.717, 1.165) is 13.0 Å². The number of hydrogen-bond donors (Lipinski definition) is 0. The number of fused-ring (bicyclic) bond motifs is 1. The maximum atomic E-state index is 12.1. The van der Waals surface area contributed by atoms with Gasteiger partial charge in [0.1, 0.15) is 0 Å². The van der Waals surface area contributed by atoms with Crippen molar-refractivity contribution in [3.8, 4) is 0 Å². The van der Waals surface area contributed by atoms with Gasteiger partial charge in [-0.15, -0.1) is 11.3 Å². The van der Waals surface area contributed by atoms with Crippen molar-refractivity contribution >= 4 is 17.2 Å². The minimum absolute atomic E-state index is 0.265. The first-order valence-corrected chi connectivity index (χ1v) is 6.83. The van der Waals surface area contributed by atoms with E-state index in [1.54, 1.807) is 0 Å². The number of amides is 1. The van der Waals surface area contributed by atoms with E-state index in [9.17, 15) is 4.79 Å². The zero-order valence-electron chi connectivity index (χ0n) is 10.2. The first kappa shape index (κ1) is 11.6. The van der Waals surface area contributed by atoms with Crippen LogP contribution in [0.3, 0.4) is 0 Å². The van der Waals surface area contributed by atoms with Crippen LogP contribution in [-0.2, 0) is 11.2 Å². The van der Waals surface area contributed by atoms with Gasteiger partial charge in [0.25, 0.3) is 0 Å². The predicted molar refractivity (Wildman–Crippen MR) is 67.6 cm³/mol. The summed E-state index contributed by atoms with van der Waals surface area (Å²) in [6, 6.07) is 2.43. The molecule has 16 heavy (non-hydrogen) atoms. The Balaban J connectivity index is 2.12. The number of carbonyl (C=O) groups is 1. The van der Waals surface area contributed by atoms with Crippen LogP contribution in [0.4, 0.5) is 0 Å². The maximum Gasteiger partial charge on any atom is 0.223 e. The quantitative estimate of drug-likeness (QED) is 0.773. The van der Waals surface area contributed by atoms with Crippen molar-refractivity contribution in [1.29, 1.82) is 0 Å². The molecule has 2 nitrogen and oxygen atoms in total. The van der Waals surface area contributed by atoms with Gasteiger partial charge in [-0.25, -0.2) is 0 Å². The summed E-state index contributed by atoms with van der Waals surface area (Å²) in [5.74, 6) is 0.753. The van der Waals surface area contributed by atoms with E-state index in [0.29, 0.717) is 18.2 Å². The lowest BCUT2D eigenvalue weighted by Crippen LogP contribution is -2.38. The van der Waals surface area contributed by atoms with E-state index < -0.39 is 0 Å². The van der Waals surface area contributed by atoms with Gasteiger partial charge < -0.3 is 4.90 Å². The molecule has 1 aliphatic rings. The highest BCUT2D eigenvalue weighted by molar-refractivity contribution is 7.10. The van der Waals surface area contributed by atoms with Crippen molar-refractivity contribution in [1.82, 2.24) is 4.90 Å². The normalized spacial score (nSPS) is 20.0. The van der Waals surface area contributed by atoms with Crippen molar-refractivity contribution in [3.05, 3.63) is 21.9 Å². The summed E-state index contributed by atoms with van der Waals surface area (Å²) in [6.45, 7) is 7.23. The summed E-state index contributed by atoms with van der Waals surface area (Å²) >= 11 is 1.82. The number of carbonyl (C=O) groups excluding carboxylic acids is 1. The van der Waals surface area contributed by atoms with E-state index in [1.807, 2.05) is 16.2 Å². The fourth-order valence-corrected chi connectivity index (χ4v) is 3.28. The maximum absolute atomic E-state index is 12.1. The van der Waals surface area contributed by atoms with Crippen molar-refractivity contribution in [2.45, 2.75) is 39.7 Å². The first-order chi connectivity index (χ1) is 7.59. The molecule has 2 rings (SSSR count). The highest BCUT2D eigenvalue weighted by Gasteiger charge is 2.28. The molecule has 1 aromatic rings. The minimum atomic E-state index is 0.265. The molecule has 1 aliphatic heterocycles. The van der Waals surface area contributed by atoms with Gasteiger partial charge in [0, 0.05) is 17.8 Å². The Kier molecular flexibility index (Phi) is 3.33. The number of rotatable bonds is 2. The highest BCUT2D eigenvalue weighted by atomic mass is 32.1.